The molecule has 0 fully saturated rings. The van der Waals surface area contributed by atoms with Crippen LogP contribution in [0.5, 0.6) is 0 Å². The summed E-state index contributed by atoms with van der Waals surface area (Å²) in [5.41, 5.74) is 7.45. The highest BCUT2D eigenvalue weighted by atomic mass is 16.2. The molecular weight excluding hydrogens is 230 g/mol. The summed E-state index contributed by atoms with van der Waals surface area (Å²) >= 11 is 0. The first-order chi connectivity index (χ1) is 8.66. The maximum Gasteiger partial charge on any atom is 0.237 e. The fraction of sp³-hybridized carbons (Fsp3) is 0.385. The van der Waals surface area contributed by atoms with Gasteiger partial charge in [-0.25, -0.2) is 0 Å². The van der Waals surface area contributed by atoms with E-state index in [0.29, 0.717) is 19.5 Å². The number of benzene rings is 1. The number of carbonyl (C=O) groups excluding carboxylic acids is 2. The first-order valence-electron chi connectivity index (χ1n) is 6.03. The van der Waals surface area contributed by atoms with Gasteiger partial charge >= 0.3 is 0 Å². The van der Waals surface area contributed by atoms with Crippen molar-refractivity contribution in [3.8, 4) is 0 Å². The molecule has 1 heterocycles. The van der Waals surface area contributed by atoms with E-state index in [1.807, 2.05) is 18.2 Å². The van der Waals surface area contributed by atoms with Crippen LogP contribution in [0.4, 0.5) is 0 Å². The number of nitrogens with two attached hydrogens (primary N) is 1. The van der Waals surface area contributed by atoms with Crippen LogP contribution < -0.4 is 16.4 Å². The molecule has 0 spiro atoms. The van der Waals surface area contributed by atoms with Crippen molar-refractivity contribution >= 4 is 11.8 Å². The number of carbonyl (C=O) groups is 2. The predicted octanol–water partition coefficient (Wildman–Crippen LogP) is -0.307. The van der Waals surface area contributed by atoms with Crippen LogP contribution in [0.3, 0.4) is 0 Å². The number of rotatable bonds is 4. The van der Waals surface area contributed by atoms with Gasteiger partial charge in [0.15, 0.2) is 0 Å². The minimum atomic E-state index is -0.405. The Balaban J connectivity index is 1.88. The summed E-state index contributed by atoms with van der Waals surface area (Å²) in [6.07, 6.45) is 0.855. The molecule has 5 heteroatoms. The highest BCUT2D eigenvalue weighted by Gasteiger charge is 2.23. The largest absolute Gasteiger partial charge is 0.370 e. The number of hydrogen-bond acceptors (Lipinski definition) is 3. The van der Waals surface area contributed by atoms with Crippen LogP contribution in [-0.2, 0) is 22.6 Å². The fourth-order valence-corrected chi connectivity index (χ4v) is 2.07. The quantitative estimate of drug-likeness (QED) is 0.682. The third-order valence-electron chi connectivity index (χ3n) is 3.07. The monoisotopic (exact) mass is 247 g/mol. The van der Waals surface area contributed by atoms with Gasteiger partial charge in [0.05, 0.1) is 6.04 Å². The highest BCUT2D eigenvalue weighted by molar-refractivity contribution is 5.83. The van der Waals surface area contributed by atoms with Crippen molar-refractivity contribution in [2.45, 2.75) is 25.4 Å². The molecule has 2 rings (SSSR count). The lowest BCUT2D eigenvalue weighted by Crippen LogP contribution is -2.48. The lowest BCUT2D eigenvalue weighted by Gasteiger charge is -2.25. The van der Waals surface area contributed by atoms with Gasteiger partial charge < -0.3 is 16.4 Å². The summed E-state index contributed by atoms with van der Waals surface area (Å²) in [6, 6.07) is 7.84. The molecule has 1 aliphatic heterocycles. The van der Waals surface area contributed by atoms with Crippen LogP contribution in [0.15, 0.2) is 24.3 Å². The zero-order chi connectivity index (χ0) is 13.0. The first kappa shape index (κ1) is 12.6. The standard InChI is InChI=1S/C13H17N3O2/c14-12(17)5-6-15-13(18)11-7-9-3-1-2-4-10(9)8-16-11/h1-4,11,16H,5-8H2,(H2,14,17)(H,15,18)/t11-/m1/s1. The molecule has 1 aromatic rings. The van der Waals surface area contributed by atoms with E-state index in [-0.39, 0.29) is 18.4 Å². The van der Waals surface area contributed by atoms with Crippen molar-refractivity contribution in [3.63, 3.8) is 0 Å². The summed E-state index contributed by atoms with van der Waals surface area (Å²) in [5, 5.41) is 5.90. The summed E-state index contributed by atoms with van der Waals surface area (Å²) in [5.74, 6) is -0.483. The summed E-state index contributed by atoms with van der Waals surface area (Å²) in [4.78, 5) is 22.4. The van der Waals surface area contributed by atoms with Gasteiger partial charge in [0.1, 0.15) is 0 Å². The minimum Gasteiger partial charge on any atom is -0.370 e. The molecule has 1 aromatic carbocycles. The Bertz CT molecular complexity index is 459. The summed E-state index contributed by atoms with van der Waals surface area (Å²) in [7, 11) is 0. The third-order valence-corrected chi connectivity index (χ3v) is 3.07. The Morgan fingerprint density at radius 2 is 2.06 bits per heavy atom. The van der Waals surface area contributed by atoms with Crippen molar-refractivity contribution in [2.75, 3.05) is 6.54 Å². The molecule has 18 heavy (non-hydrogen) atoms. The molecule has 0 aliphatic carbocycles. The van der Waals surface area contributed by atoms with E-state index >= 15 is 0 Å². The Labute approximate surface area is 106 Å². The topological polar surface area (TPSA) is 84.2 Å². The second kappa shape index (κ2) is 5.64. The smallest absolute Gasteiger partial charge is 0.237 e. The Morgan fingerprint density at radius 3 is 2.78 bits per heavy atom. The molecule has 4 N–H and O–H groups in total. The zero-order valence-electron chi connectivity index (χ0n) is 10.1. The molecule has 0 saturated carbocycles. The average Bonchev–Trinajstić information content (AvgIpc) is 2.37. The van der Waals surface area contributed by atoms with E-state index in [9.17, 15) is 9.59 Å². The summed E-state index contributed by atoms with van der Waals surface area (Å²) in [6.45, 7) is 0.998. The molecule has 2 amide bonds. The van der Waals surface area contributed by atoms with Gasteiger partial charge in [-0.15, -0.1) is 0 Å². The van der Waals surface area contributed by atoms with Gasteiger partial charge in [-0.05, 0) is 17.5 Å². The number of fused-ring (bicyclic) bond motifs is 1. The van der Waals surface area contributed by atoms with Crippen LogP contribution in [0.2, 0.25) is 0 Å². The zero-order valence-corrected chi connectivity index (χ0v) is 10.1. The van der Waals surface area contributed by atoms with Crippen molar-refractivity contribution in [1.82, 2.24) is 10.6 Å². The van der Waals surface area contributed by atoms with Gasteiger partial charge in [0.2, 0.25) is 11.8 Å². The normalized spacial score (nSPS) is 17.9. The van der Waals surface area contributed by atoms with Gasteiger partial charge in [-0.3, -0.25) is 9.59 Å². The number of nitrogens with one attached hydrogen (secondary N) is 2. The van der Waals surface area contributed by atoms with Crippen LogP contribution in [0.1, 0.15) is 17.5 Å². The van der Waals surface area contributed by atoms with Crippen molar-refractivity contribution in [2.24, 2.45) is 5.73 Å². The van der Waals surface area contributed by atoms with E-state index in [2.05, 4.69) is 16.7 Å². The van der Waals surface area contributed by atoms with Gasteiger partial charge in [0.25, 0.3) is 0 Å². The SMILES string of the molecule is NC(=O)CCNC(=O)[C@H]1Cc2ccccc2CN1. The van der Waals surface area contributed by atoms with Crippen LogP contribution in [0.25, 0.3) is 0 Å². The number of primary amides is 1. The van der Waals surface area contributed by atoms with Crippen molar-refractivity contribution < 1.29 is 9.59 Å². The van der Waals surface area contributed by atoms with Gasteiger partial charge in [0, 0.05) is 19.5 Å². The molecule has 5 nitrogen and oxygen atoms in total. The Hall–Kier alpha value is -1.88. The van der Waals surface area contributed by atoms with Crippen LogP contribution in [-0.4, -0.2) is 24.4 Å². The van der Waals surface area contributed by atoms with Crippen molar-refractivity contribution in [1.29, 1.82) is 0 Å². The van der Waals surface area contributed by atoms with Gasteiger partial charge in [-0.2, -0.15) is 0 Å². The van der Waals surface area contributed by atoms with E-state index in [4.69, 9.17) is 5.73 Å². The van der Waals surface area contributed by atoms with E-state index in [0.717, 1.165) is 0 Å². The van der Waals surface area contributed by atoms with Crippen LogP contribution in [0, 0.1) is 0 Å². The molecule has 0 unspecified atom stereocenters. The van der Waals surface area contributed by atoms with Gasteiger partial charge in [-0.1, -0.05) is 24.3 Å². The maximum absolute atomic E-state index is 11.9. The molecule has 1 atom stereocenters. The van der Waals surface area contributed by atoms with Crippen molar-refractivity contribution in [3.05, 3.63) is 35.4 Å². The molecule has 0 aromatic heterocycles. The average molecular weight is 247 g/mol. The number of hydrogen-bond donors (Lipinski definition) is 3. The Morgan fingerprint density at radius 1 is 1.33 bits per heavy atom. The van der Waals surface area contributed by atoms with E-state index in [1.54, 1.807) is 0 Å². The highest BCUT2D eigenvalue weighted by Crippen LogP contribution is 2.16. The number of amides is 2. The summed E-state index contributed by atoms with van der Waals surface area (Å²) < 4.78 is 0. The second-order valence-electron chi connectivity index (χ2n) is 4.41. The molecule has 0 saturated heterocycles. The first-order valence-corrected chi connectivity index (χ1v) is 6.03. The van der Waals surface area contributed by atoms with Crippen LogP contribution >= 0.6 is 0 Å². The maximum atomic E-state index is 11.9. The molecule has 96 valence electrons. The molecule has 1 aliphatic rings. The molecular formula is C13H17N3O2. The fourth-order valence-electron chi connectivity index (χ4n) is 2.07. The second-order valence-corrected chi connectivity index (χ2v) is 4.41. The molecule has 0 radical (unpaired) electrons. The third kappa shape index (κ3) is 3.07. The lowest BCUT2D eigenvalue weighted by molar-refractivity contribution is -0.123. The molecule has 0 bridgehead atoms. The van der Waals surface area contributed by atoms with E-state index in [1.165, 1.54) is 11.1 Å². The Kier molecular flexibility index (Phi) is 3.94. The predicted molar refractivity (Wildman–Crippen MR) is 67.6 cm³/mol. The minimum absolute atomic E-state index is 0.0780. The van der Waals surface area contributed by atoms with E-state index < -0.39 is 5.91 Å². The lowest BCUT2D eigenvalue weighted by atomic mass is 9.95.